The van der Waals surface area contributed by atoms with Crippen LogP contribution in [-0.4, -0.2) is 29.0 Å². The van der Waals surface area contributed by atoms with Crippen LogP contribution in [0.1, 0.15) is 12.7 Å². The molecule has 0 spiro atoms. The molecule has 0 atom stereocenters. The fourth-order valence-electron chi connectivity index (χ4n) is 1.75. The van der Waals surface area contributed by atoms with Crippen molar-refractivity contribution in [2.75, 3.05) is 14.2 Å². The summed E-state index contributed by atoms with van der Waals surface area (Å²) in [4.78, 5) is 0. The lowest BCUT2D eigenvalue weighted by atomic mass is 10.2. The van der Waals surface area contributed by atoms with Gasteiger partial charge in [0.2, 0.25) is 0 Å². The van der Waals surface area contributed by atoms with E-state index in [4.69, 9.17) is 21.7 Å². The quantitative estimate of drug-likeness (QED) is 0.863. The van der Waals surface area contributed by atoms with Crippen molar-refractivity contribution < 1.29 is 9.47 Å². The molecule has 0 saturated carbocycles. The van der Waals surface area contributed by atoms with Crippen molar-refractivity contribution in [3.8, 4) is 17.2 Å². The van der Waals surface area contributed by atoms with E-state index in [1.165, 1.54) is 0 Å². The molecule has 0 fully saturated rings. The van der Waals surface area contributed by atoms with E-state index in [-0.39, 0.29) is 0 Å². The first kappa shape index (κ1) is 12.6. The third kappa shape index (κ3) is 2.24. The Labute approximate surface area is 110 Å². The molecule has 0 saturated heterocycles. The maximum atomic E-state index is 5.25. The number of nitrogens with one attached hydrogen (secondary N) is 1. The summed E-state index contributed by atoms with van der Waals surface area (Å²) < 4.78 is 12.9. The van der Waals surface area contributed by atoms with Crippen molar-refractivity contribution >= 4 is 12.2 Å². The monoisotopic (exact) mass is 265 g/mol. The highest BCUT2D eigenvalue weighted by Crippen LogP contribution is 2.25. The van der Waals surface area contributed by atoms with Crippen LogP contribution in [0.2, 0.25) is 0 Å². The SMILES string of the molecule is CCc1n[nH]c(=S)n1-c1cc(OC)cc(OC)c1. The third-order valence-corrected chi connectivity index (χ3v) is 2.93. The van der Waals surface area contributed by atoms with Crippen LogP contribution in [0.4, 0.5) is 0 Å². The van der Waals surface area contributed by atoms with Crippen molar-refractivity contribution in [2.45, 2.75) is 13.3 Å². The predicted molar refractivity (Wildman–Crippen MR) is 71.2 cm³/mol. The number of hydrogen-bond donors (Lipinski definition) is 1. The molecular formula is C12H15N3O2S. The van der Waals surface area contributed by atoms with Crippen molar-refractivity contribution in [1.29, 1.82) is 0 Å². The molecule has 1 aromatic carbocycles. The van der Waals surface area contributed by atoms with Gasteiger partial charge in [0.1, 0.15) is 17.3 Å². The number of H-pyrrole nitrogens is 1. The largest absolute Gasteiger partial charge is 0.497 e. The standard InChI is InChI=1S/C12H15N3O2S/c1-4-11-13-14-12(18)15(11)8-5-9(16-2)7-10(6-8)17-3/h5-7H,4H2,1-3H3,(H,14,18). The van der Waals surface area contributed by atoms with E-state index in [0.29, 0.717) is 4.77 Å². The molecule has 18 heavy (non-hydrogen) atoms. The molecule has 1 aromatic heterocycles. The summed E-state index contributed by atoms with van der Waals surface area (Å²) in [5.41, 5.74) is 0.877. The number of benzene rings is 1. The fraction of sp³-hybridized carbons (Fsp3) is 0.333. The highest BCUT2D eigenvalue weighted by atomic mass is 32.1. The van der Waals surface area contributed by atoms with Crippen LogP contribution in [0.5, 0.6) is 11.5 Å². The van der Waals surface area contributed by atoms with Gasteiger partial charge in [-0.1, -0.05) is 6.92 Å². The Kier molecular flexibility index (Phi) is 3.66. The van der Waals surface area contributed by atoms with E-state index in [0.717, 1.165) is 29.4 Å². The highest BCUT2D eigenvalue weighted by Gasteiger charge is 2.09. The zero-order valence-electron chi connectivity index (χ0n) is 10.6. The summed E-state index contributed by atoms with van der Waals surface area (Å²) in [5, 5.41) is 6.98. The van der Waals surface area contributed by atoms with E-state index in [1.807, 2.05) is 29.7 Å². The maximum Gasteiger partial charge on any atom is 0.199 e. The molecule has 0 aliphatic heterocycles. The van der Waals surface area contributed by atoms with Gasteiger partial charge in [0.15, 0.2) is 4.77 Å². The predicted octanol–water partition coefficient (Wildman–Crippen LogP) is 2.51. The second-order valence-corrected chi connectivity index (χ2v) is 4.09. The Balaban J connectivity index is 2.62. The molecule has 2 aromatic rings. The van der Waals surface area contributed by atoms with E-state index in [9.17, 15) is 0 Å². The van der Waals surface area contributed by atoms with Crippen molar-refractivity contribution in [2.24, 2.45) is 0 Å². The number of aromatic amines is 1. The van der Waals surface area contributed by atoms with Crippen LogP contribution < -0.4 is 9.47 Å². The minimum Gasteiger partial charge on any atom is -0.497 e. The Bertz CT molecular complexity index is 581. The van der Waals surface area contributed by atoms with Gasteiger partial charge in [-0.05, 0) is 12.2 Å². The Hall–Kier alpha value is -1.82. The van der Waals surface area contributed by atoms with Gasteiger partial charge < -0.3 is 9.47 Å². The molecule has 1 heterocycles. The maximum absolute atomic E-state index is 5.25. The van der Waals surface area contributed by atoms with Gasteiger partial charge in [-0.3, -0.25) is 9.67 Å². The zero-order chi connectivity index (χ0) is 13.1. The summed E-state index contributed by atoms with van der Waals surface area (Å²) in [6.07, 6.45) is 0.784. The van der Waals surface area contributed by atoms with Crippen LogP contribution in [-0.2, 0) is 6.42 Å². The number of ether oxygens (including phenoxy) is 2. The molecule has 1 N–H and O–H groups in total. The number of aryl methyl sites for hydroxylation is 1. The third-order valence-electron chi connectivity index (χ3n) is 2.65. The molecular weight excluding hydrogens is 250 g/mol. The van der Waals surface area contributed by atoms with Crippen molar-refractivity contribution in [3.05, 3.63) is 28.8 Å². The normalized spacial score (nSPS) is 10.4. The molecule has 0 aliphatic carbocycles. The van der Waals surface area contributed by atoms with Gasteiger partial charge in [0, 0.05) is 24.6 Å². The summed E-state index contributed by atoms with van der Waals surface area (Å²) >= 11 is 5.24. The minimum absolute atomic E-state index is 0.558. The molecule has 0 amide bonds. The summed E-state index contributed by atoms with van der Waals surface area (Å²) in [5.74, 6) is 2.30. The average Bonchev–Trinajstić information content (AvgIpc) is 2.79. The molecule has 0 bridgehead atoms. The van der Waals surface area contributed by atoms with Crippen LogP contribution >= 0.6 is 12.2 Å². The Morgan fingerprint density at radius 1 is 1.22 bits per heavy atom. The van der Waals surface area contributed by atoms with Crippen molar-refractivity contribution in [1.82, 2.24) is 14.8 Å². The smallest absolute Gasteiger partial charge is 0.199 e. The first-order chi connectivity index (χ1) is 8.69. The Morgan fingerprint density at radius 2 is 1.83 bits per heavy atom. The zero-order valence-corrected chi connectivity index (χ0v) is 11.4. The average molecular weight is 265 g/mol. The summed E-state index contributed by atoms with van der Waals surface area (Å²) in [6, 6.07) is 5.61. The molecule has 2 rings (SSSR count). The van der Waals surface area contributed by atoms with Gasteiger partial charge in [-0.2, -0.15) is 5.10 Å². The number of rotatable bonds is 4. The molecule has 0 radical (unpaired) electrons. The fourth-order valence-corrected chi connectivity index (χ4v) is 2.01. The summed E-state index contributed by atoms with van der Waals surface area (Å²) in [7, 11) is 3.24. The van der Waals surface area contributed by atoms with E-state index in [2.05, 4.69) is 10.2 Å². The second-order valence-electron chi connectivity index (χ2n) is 3.70. The van der Waals surface area contributed by atoms with E-state index >= 15 is 0 Å². The first-order valence-corrected chi connectivity index (χ1v) is 6.00. The minimum atomic E-state index is 0.558. The second kappa shape index (κ2) is 5.22. The van der Waals surface area contributed by atoms with Crippen molar-refractivity contribution in [3.63, 3.8) is 0 Å². The van der Waals surface area contributed by atoms with Gasteiger partial charge in [-0.25, -0.2) is 0 Å². The highest BCUT2D eigenvalue weighted by molar-refractivity contribution is 7.71. The van der Waals surface area contributed by atoms with E-state index in [1.54, 1.807) is 14.2 Å². The topological polar surface area (TPSA) is 52.1 Å². The van der Waals surface area contributed by atoms with Crippen LogP contribution in [0, 0.1) is 4.77 Å². The lowest BCUT2D eigenvalue weighted by molar-refractivity contribution is 0.394. The first-order valence-electron chi connectivity index (χ1n) is 5.59. The summed E-state index contributed by atoms with van der Waals surface area (Å²) in [6.45, 7) is 2.03. The van der Waals surface area contributed by atoms with E-state index < -0.39 is 0 Å². The van der Waals surface area contributed by atoms with Gasteiger partial charge in [0.25, 0.3) is 0 Å². The molecule has 6 heteroatoms. The van der Waals surface area contributed by atoms with Crippen LogP contribution in [0.3, 0.4) is 0 Å². The molecule has 5 nitrogen and oxygen atoms in total. The lowest BCUT2D eigenvalue weighted by Gasteiger charge is -2.10. The molecule has 96 valence electrons. The number of hydrogen-bond acceptors (Lipinski definition) is 4. The molecule has 0 unspecified atom stereocenters. The molecule has 0 aliphatic rings. The number of aromatic nitrogens is 3. The van der Waals surface area contributed by atoms with Crippen LogP contribution in [0.25, 0.3) is 5.69 Å². The lowest BCUT2D eigenvalue weighted by Crippen LogP contribution is -2.01. The van der Waals surface area contributed by atoms with Gasteiger partial charge in [-0.15, -0.1) is 0 Å². The van der Waals surface area contributed by atoms with Gasteiger partial charge in [0.05, 0.1) is 19.9 Å². The van der Waals surface area contributed by atoms with Crippen LogP contribution in [0.15, 0.2) is 18.2 Å². The number of methoxy groups -OCH3 is 2. The number of nitrogens with zero attached hydrogens (tertiary/aromatic N) is 2. The van der Waals surface area contributed by atoms with Gasteiger partial charge >= 0.3 is 0 Å². The Morgan fingerprint density at radius 3 is 2.33 bits per heavy atom.